The number of methoxy groups -OCH3 is 1. The summed E-state index contributed by atoms with van der Waals surface area (Å²) in [6.07, 6.45) is 5.02. The number of amides is 2. The van der Waals surface area contributed by atoms with Gasteiger partial charge in [0.1, 0.15) is 5.75 Å². The zero-order valence-corrected chi connectivity index (χ0v) is 19.1. The van der Waals surface area contributed by atoms with E-state index in [0.29, 0.717) is 25.9 Å². The molecule has 1 aliphatic rings. The van der Waals surface area contributed by atoms with Crippen molar-refractivity contribution in [2.45, 2.75) is 19.3 Å². The molecule has 0 spiro atoms. The SMILES string of the molecule is CNC(=O)[C@@]1(Cc2ccccc2-c2ccncc2)CCN(C(=O)Cc2cccc(OC)c2)C1. The maximum absolute atomic E-state index is 13.1. The number of carbonyl (C=O) groups is 2. The summed E-state index contributed by atoms with van der Waals surface area (Å²) in [7, 11) is 3.28. The van der Waals surface area contributed by atoms with E-state index in [1.807, 2.05) is 53.4 Å². The number of carbonyl (C=O) groups excluding carboxylic acids is 2. The fourth-order valence-corrected chi connectivity index (χ4v) is 4.68. The molecular formula is C27H29N3O3. The molecule has 0 saturated carbocycles. The first-order valence-corrected chi connectivity index (χ1v) is 11.2. The summed E-state index contributed by atoms with van der Waals surface area (Å²) in [5.41, 5.74) is 3.48. The Kier molecular flexibility index (Phi) is 6.73. The van der Waals surface area contributed by atoms with Crippen molar-refractivity contribution >= 4 is 11.8 Å². The molecule has 1 N–H and O–H groups in total. The van der Waals surface area contributed by atoms with Crippen LogP contribution >= 0.6 is 0 Å². The Bertz CT molecular complexity index is 1130. The largest absolute Gasteiger partial charge is 0.497 e. The highest BCUT2D eigenvalue weighted by molar-refractivity contribution is 5.86. The number of rotatable bonds is 7. The number of aromatic nitrogens is 1. The smallest absolute Gasteiger partial charge is 0.228 e. The first-order chi connectivity index (χ1) is 16.0. The summed E-state index contributed by atoms with van der Waals surface area (Å²) in [5, 5.41) is 2.85. The van der Waals surface area contributed by atoms with Crippen LogP contribution in [0.3, 0.4) is 0 Å². The van der Waals surface area contributed by atoms with Crippen molar-refractivity contribution < 1.29 is 14.3 Å². The van der Waals surface area contributed by atoms with Crippen LogP contribution in [0.1, 0.15) is 17.5 Å². The predicted octanol–water partition coefficient (Wildman–Crippen LogP) is 3.51. The summed E-state index contributed by atoms with van der Waals surface area (Å²) >= 11 is 0. The lowest BCUT2D eigenvalue weighted by molar-refractivity contribution is -0.132. The number of pyridine rings is 1. The molecule has 2 aromatic carbocycles. The van der Waals surface area contributed by atoms with E-state index in [0.717, 1.165) is 28.0 Å². The molecule has 2 heterocycles. The number of hydrogen-bond acceptors (Lipinski definition) is 4. The second-order valence-electron chi connectivity index (χ2n) is 8.52. The lowest BCUT2D eigenvalue weighted by Crippen LogP contribution is -2.44. The number of nitrogens with one attached hydrogen (secondary N) is 1. The molecule has 1 saturated heterocycles. The van der Waals surface area contributed by atoms with Gasteiger partial charge in [0, 0.05) is 32.5 Å². The van der Waals surface area contributed by atoms with E-state index >= 15 is 0 Å². The maximum atomic E-state index is 13.1. The number of ether oxygens (including phenoxy) is 1. The number of likely N-dealkylation sites (tertiary alicyclic amines) is 1. The van der Waals surface area contributed by atoms with Crippen LogP contribution in [0.2, 0.25) is 0 Å². The average molecular weight is 444 g/mol. The van der Waals surface area contributed by atoms with Gasteiger partial charge in [0.15, 0.2) is 0 Å². The molecule has 1 aliphatic heterocycles. The van der Waals surface area contributed by atoms with Gasteiger partial charge in [-0.15, -0.1) is 0 Å². The fraction of sp³-hybridized carbons (Fsp3) is 0.296. The van der Waals surface area contributed by atoms with Crippen LogP contribution in [-0.2, 0) is 22.4 Å². The van der Waals surface area contributed by atoms with E-state index in [1.165, 1.54) is 0 Å². The van der Waals surface area contributed by atoms with Gasteiger partial charge < -0.3 is 15.0 Å². The molecule has 1 aromatic heterocycles. The number of hydrogen-bond donors (Lipinski definition) is 1. The Hall–Kier alpha value is -3.67. The van der Waals surface area contributed by atoms with Crippen LogP contribution in [0.25, 0.3) is 11.1 Å². The van der Waals surface area contributed by atoms with Gasteiger partial charge >= 0.3 is 0 Å². The monoisotopic (exact) mass is 443 g/mol. The molecule has 1 atom stereocenters. The van der Waals surface area contributed by atoms with Crippen molar-refractivity contribution in [3.8, 4) is 16.9 Å². The Balaban J connectivity index is 1.56. The van der Waals surface area contributed by atoms with Crippen molar-refractivity contribution in [2.75, 3.05) is 27.2 Å². The number of benzene rings is 2. The first-order valence-electron chi connectivity index (χ1n) is 11.2. The topological polar surface area (TPSA) is 71.5 Å². The highest BCUT2D eigenvalue weighted by atomic mass is 16.5. The van der Waals surface area contributed by atoms with E-state index in [-0.39, 0.29) is 18.2 Å². The second-order valence-corrected chi connectivity index (χ2v) is 8.52. The second kappa shape index (κ2) is 9.86. The molecule has 6 nitrogen and oxygen atoms in total. The van der Waals surface area contributed by atoms with Gasteiger partial charge in [-0.05, 0) is 59.4 Å². The van der Waals surface area contributed by atoms with Crippen LogP contribution < -0.4 is 10.1 Å². The predicted molar refractivity (Wildman–Crippen MR) is 128 cm³/mol. The van der Waals surface area contributed by atoms with E-state index in [4.69, 9.17) is 4.74 Å². The summed E-state index contributed by atoms with van der Waals surface area (Å²) < 4.78 is 5.27. The standard InChI is InChI=1S/C27H29N3O3/c1-28-26(32)27(18-22-7-3-4-9-24(22)21-10-13-29-14-11-21)12-15-30(19-27)25(31)17-20-6-5-8-23(16-20)33-2/h3-11,13-14,16H,12,15,17-19H2,1-2H3,(H,28,32)/t27-/m1/s1. The summed E-state index contributed by atoms with van der Waals surface area (Å²) in [5.74, 6) is 0.731. The molecule has 2 amide bonds. The lowest BCUT2D eigenvalue weighted by Gasteiger charge is -2.28. The van der Waals surface area contributed by atoms with Crippen LogP contribution in [0, 0.1) is 5.41 Å². The normalized spacial score (nSPS) is 17.6. The van der Waals surface area contributed by atoms with Gasteiger partial charge in [-0.3, -0.25) is 14.6 Å². The highest BCUT2D eigenvalue weighted by Gasteiger charge is 2.45. The summed E-state index contributed by atoms with van der Waals surface area (Å²) in [6, 6.07) is 19.6. The third-order valence-corrected chi connectivity index (χ3v) is 6.44. The van der Waals surface area contributed by atoms with E-state index in [1.54, 1.807) is 26.6 Å². The zero-order chi connectivity index (χ0) is 23.3. The van der Waals surface area contributed by atoms with Crippen LogP contribution in [0.15, 0.2) is 73.1 Å². The maximum Gasteiger partial charge on any atom is 0.228 e. The average Bonchev–Trinajstić information content (AvgIpc) is 3.30. The number of nitrogens with zero attached hydrogens (tertiary/aromatic N) is 2. The first kappa shape index (κ1) is 22.5. The lowest BCUT2D eigenvalue weighted by atomic mass is 9.78. The van der Waals surface area contributed by atoms with Crippen molar-refractivity contribution in [3.05, 3.63) is 84.2 Å². The third-order valence-electron chi connectivity index (χ3n) is 6.44. The summed E-state index contributed by atoms with van der Waals surface area (Å²) in [6.45, 7) is 0.966. The van der Waals surface area contributed by atoms with Crippen molar-refractivity contribution in [1.29, 1.82) is 0 Å². The molecule has 33 heavy (non-hydrogen) atoms. The van der Waals surface area contributed by atoms with Crippen LogP contribution in [0.4, 0.5) is 0 Å². The van der Waals surface area contributed by atoms with Gasteiger partial charge in [0.2, 0.25) is 11.8 Å². The van der Waals surface area contributed by atoms with Crippen molar-refractivity contribution in [1.82, 2.24) is 15.2 Å². The molecule has 1 fully saturated rings. The molecule has 0 aliphatic carbocycles. The molecule has 170 valence electrons. The highest BCUT2D eigenvalue weighted by Crippen LogP contribution is 2.37. The molecule has 3 aromatic rings. The van der Waals surface area contributed by atoms with E-state index < -0.39 is 5.41 Å². The third kappa shape index (κ3) is 4.90. The minimum atomic E-state index is -0.665. The molecule has 0 radical (unpaired) electrons. The molecule has 0 unspecified atom stereocenters. The summed E-state index contributed by atoms with van der Waals surface area (Å²) in [4.78, 5) is 32.2. The quantitative estimate of drug-likeness (QED) is 0.607. The van der Waals surface area contributed by atoms with E-state index in [9.17, 15) is 9.59 Å². The van der Waals surface area contributed by atoms with Gasteiger partial charge in [-0.2, -0.15) is 0 Å². The molecular weight excluding hydrogens is 414 g/mol. The van der Waals surface area contributed by atoms with Crippen molar-refractivity contribution in [3.63, 3.8) is 0 Å². The van der Waals surface area contributed by atoms with Gasteiger partial charge in [-0.25, -0.2) is 0 Å². The molecule has 0 bridgehead atoms. The van der Waals surface area contributed by atoms with Gasteiger partial charge in [0.25, 0.3) is 0 Å². The van der Waals surface area contributed by atoms with Crippen LogP contribution in [0.5, 0.6) is 5.75 Å². The molecule has 6 heteroatoms. The Labute approximate surface area is 194 Å². The molecule has 4 rings (SSSR count). The minimum absolute atomic E-state index is 0.0243. The van der Waals surface area contributed by atoms with Crippen molar-refractivity contribution in [2.24, 2.45) is 5.41 Å². The Morgan fingerprint density at radius 1 is 1.09 bits per heavy atom. The van der Waals surface area contributed by atoms with Gasteiger partial charge in [0.05, 0.1) is 18.9 Å². The fourth-order valence-electron chi connectivity index (χ4n) is 4.68. The zero-order valence-electron chi connectivity index (χ0n) is 19.1. The Morgan fingerprint density at radius 3 is 2.64 bits per heavy atom. The van der Waals surface area contributed by atoms with E-state index in [2.05, 4.69) is 22.4 Å². The van der Waals surface area contributed by atoms with Crippen LogP contribution in [-0.4, -0.2) is 48.9 Å². The van der Waals surface area contributed by atoms with Gasteiger partial charge in [-0.1, -0.05) is 36.4 Å². The minimum Gasteiger partial charge on any atom is -0.497 e. The Morgan fingerprint density at radius 2 is 1.88 bits per heavy atom.